The van der Waals surface area contributed by atoms with Gasteiger partial charge in [0.2, 0.25) is 0 Å². The third-order valence-corrected chi connectivity index (χ3v) is 2.83. The molecule has 7 nitrogen and oxygen atoms in total. The highest BCUT2D eigenvalue weighted by atomic mass is 16.6. The van der Waals surface area contributed by atoms with Crippen molar-refractivity contribution in [1.29, 1.82) is 0 Å². The second-order valence-electron chi connectivity index (χ2n) is 4.62. The summed E-state index contributed by atoms with van der Waals surface area (Å²) in [6, 6.07) is 5.88. The Balaban J connectivity index is 2.61. The van der Waals surface area contributed by atoms with E-state index >= 15 is 0 Å². The Morgan fingerprint density at radius 1 is 1.55 bits per heavy atom. The lowest BCUT2D eigenvalue weighted by atomic mass is 9.99. The van der Waals surface area contributed by atoms with Gasteiger partial charge in [-0.1, -0.05) is 6.07 Å². The largest absolute Gasteiger partial charge is 0.490 e. The minimum absolute atomic E-state index is 0.0147. The summed E-state index contributed by atoms with van der Waals surface area (Å²) in [5.74, 6) is -0.693. The van der Waals surface area contributed by atoms with Crippen molar-refractivity contribution in [2.45, 2.75) is 25.9 Å². The number of nitro benzene ring substituents is 1. The molecule has 2 atom stereocenters. The van der Waals surface area contributed by atoms with E-state index in [1.807, 2.05) is 0 Å². The van der Waals surface area contributed by atoms with Crippen molar-refractivity contribution < 1.29 is 19.6 Å². The number of nitro groups is 1. The third kappa shape index (κ3) is 5.23. The Labute approximate surface area is 116 Å². The number of nitrogens with zero attached hydrogens (tertiary/aromatic N) is 1. The molecule has 0 aliphatic carbocycles. The zero-order valence-electron chi connectivity index (χ0n) is 11.2. The summed E-state index contributed by atoms with van der Waals surface area (Å²) in [7, 11) is 0. The first-order valence-corrected chi connectivity index (χ1v) is 6.25. The molecule has 0 saturated carbocycles. The van der Waals surface area contributed by atoms with Gasteiger partial charge in [-0.05, 0) is 31.9 Å². The van der Waals surface area contributed by atoms with E-state index < -0.39 is 10.9 Å². The number of carboxylic acid groups (broad SMARTS) is 1. The van der Waals surface area contributed by atoms with Gasteiger partial charge in [-0.2, -0.15) is 0 Å². The first-order chi connectivity index (χ1) is 9.42. The minimum atomic E-state index is -0.900. The van der Waals surface area contributed by atoms with Crippen molar-refractivity contribution in [3.8, 4) is 5.75 Å². The summed E-state index contributed by atoms with van der Waals surface area (Å²) in [6.45, 7) is 2.04. The number of aliphatic carboxylic acids is 1. The number of benzene rings is 1. The van der Waals surface area contributed by atoms with Gasteiger partial charge in [0, 0.05) is 12.5 Å². The second-order valence-corrected chi connectivity index (χ2v) is 4.62. The number of non-ortho nitro benzene ring substituents is 1. The van der Waals surface area contributed by atoms with Crippen LogP contribution in [0.1, 0.15) is 19.8 Å². The molecule has 1 rings (SSSR count). The summed E-state index contributed by atoms with van der Waals surface area (Å²) in [5.41, 5.74) is 5.47. The van der Waals surface area contributed by atoms with Gasteiger partial charge in [0.25, 0.3) is 5.69 Å². The number of nitrogens with two attached hydrogens (primary N) is 1. The molecule has 0 fully saturated rings. The molecule has 2 unspecified atom stereocenters. The fourth-order valence-electron chi connectivity index (χ4n) is 1.93. The Bertz CT molecular complexity index is 478. The highest BCUT2D eigenvalue weighted by Crippen LogP contribution is 2.22. The molecule has 0 aliphatic heterocycles. The van der Waals surface area contributed by atoms with Crippen LogP contribution in [0.4, 0.5) is 5.69 Å². The summed E-state index contributed by atoms with van der Waals surface area (Å²) < 4.78 is 5.57. The third-order valence-electron chi connectivity index (χ3n) is 2.83. The fraction of sp³-hybridized carbons (Fsp3) is 0.462. The number of carboxylic acids is 1. The van der Waals surface area contributed by atoms with Crippen LogP contribution in [0.25, 0.3) is 0 Å². The van der Waals surface area contributed by atoms with Gasteiger partial charge in [0.05, 0.1) is 17.1 Å². The van der Waals surface area contributed by atoms with Crippen LogP contribution in [0, 0.1) is 16.0 Å². The molecule has 0 amide bonds. The number of carbonyl (C=O) groups is 1. The molecule has 0 aromatic heterocycles. The Hall–Kier alpha value is -2.15. The Morgan fingerprint density at radius 2 is 2.25 bits per heavy atom. The van der Waals surface area contributed by atoms with Gasteiger partial charge < -0.3 is 15.6 Å². The van der Waals surface area contributed by atoms with E-state index in [0.717, 1.165) is 0 Å². The van der Waals surface area contributed by atoms with Crippen LogP contribution in [-0.2, 0) is 4.79 Å². The Kier molecular flexibility index (Phi) is 5.92. The van der Waals surface area contributed by atoms with E-state index in [2.05, 4.69) is 0 Å². The zero-order chi connectivity index (χ0) is 15.1. The van der Waals surface area contributed by atoms with Gasteiger partial charge in [-0.15, -0.1) is 0 Å². The standard InChI is InChI=1S/C13H18N2O5/c1-9(5-10(8-14)6-13(16)17)20-12-4-2-3-11(7-12)15(18)19/h2-4,7,9-10H,5-6,8,14H2,1H3,(H,16,17). The van der Waals surface area contributed by atoms with Crippen molar-refractivity contribution in [1.82, 2.24) is 0 Å². The van der Waals surface area contributed by atoms with E-state index in [9.17, 15) is 14.9 Å². The van der Waals surface area contributed by atoms with Gasteiger partial charge >= 0.3 is 5.97 Å². The predicted molar refractivity (Wildman–Crippen MR) is 72.6 cm³/mol. The van der Waals surface area contributed by atoms with Crippen LogP contribution in [0.3, 0.4) is 0 Å². The molecule has 7 heteroatoms. The lowest BCUT2D eigenvalue weighted by Gasteiger charge is -2.19. The van der Waals surface area contributed by atoms with Gasteiger partial charge in [-0.25, -0.2) is 0 Å². The van der Waals surface area contributed by atoms with Crippen LogP contribution in [0.15, 0.2) is 24.3 Å². The molecular weight excluding hydrogens is 264 g/mol. The fourth-order valence-corrected chi connectivity index (χ4v) is 1.93. The van der Waals surface area contributed by atoms with E-state index in [-0.39, 0.29) is 30.7 Å². The SMILES string of the molecule is CC(CC(CN)CC(=O)O)Oc1cccc([N+](=O)[O-])c1. The molecule has 1 aromatic rings. The maximum absolute atomic E-state index is 10.7. The molecule has 3 N–H and O–H groups in total. The van der Waals surface area contributed by atoms with Crippen molar-refractivity contribution in [3.63, 3.8) is 0 Å². The minimum Gasteiger partial charge on any atom is -0.490 e. The topological polar surface area (TPSA) is 116 Å². The first-order valence-electron chi connectivity index (χ1n) is 6.25. The van der Waals surface area contributed by atoms with Crippen LogP contribution >= 0.6 is 0 Å². The van der Waals surface area contributed by atoms with E-state index in [0.29, 0.717) is 12.2 Å². The molecule has 0 spiro atoms. The van der Waals surface area contributed by atoms with Gasteiger partial charge in [-0.3, -0.25) is 14.9 Å². The lowest BCUT2D eigenvalue weighted by molar-refractivity contribution is -0.384. The van der Waals surface area contributed by atoms with Crippen molar-refractivity contribution in [2.75, 3.05) is 6.54 Å². The van der Waals surface area contributed by atoms with Crippen LogP contribution < -0.4 is 10.5 Å². The van der Waals surface area contributed by atoms with Gasteiger partial charge in [0.15, 0.2) is 0 Å². The quantitative estimate of drug-likeness (QED) is 0.554. The highest BCUT2D eigenvalue weighted by Gasteiger charge is 2.17. The van der Waals surface area contributed by atoms with Crippen molar-refractivity contribution >= 4 is 11.7 Å². The zero-order valence-corrected chi connectivity index (χ0v) is 11.2. The maximum Gasteiger partial charge on any atom is 0.303 e. The summed E-state index contributed by atoms with van der Waals surface area (Å²) in [5, 5.41) is 19.4. The van der Waals surface area contributed by atoms with Crippen LogP contribution in [0.5, 0.6) is 5.75 Å². The number of hydrogen-bond acceptors (Lipinski definition) is 5. The molecule has 0 heterocycles. The molecule has 0 aliphatic rings. The molecule has 1 aromatic carbocycles. The number of rotatable bonds is 8. The molecule has 0 saturated heterocycles. The Morgan fingerprint density at radius 3 is 2.80 bits per heavy atom. The smallest absolute Gasteiger partial charge is 0.303 e. The molecular formula is C13H18N2O5. The maximum atomic E-state index is 10.7. The van der Waals surface area contributed by atoms with Crippen LogP contribution in [0.2, 0.25) is 0 Å². The lowest BCUT2D eigenvalue weighted by Crippen LogP contribution is -2.24. The number of hydrogen-bond donors (Lipinski definition) is 2. The van der Waals surface area contributed by atoms with E-state index in [1.54, 1.807) is 13.0 Å². The summed E-state index contributed by atoms with van der Waals surface area (Å²) >= 11 is 0. The van der Waals surface area contributed by atoms with E-state index in [1.165, 1.54) is 18.2 Å². The summed E-state index contributed by atoms with van der Waals surface area (Å²) in [6.07, 6.45) is 0.190. The van der Waals surface area contributed by atoms with Crippen LogP contribution in [-0.4, -0.2) is 28.6 Å². The van der Waals surface area contributed by atoms with Gasteiger partial charge in [0.1, 0.15) is 5.75 Å². The van der Waals surface area contributed by atoms with Crippen molar-refractivity contribution in [2.24, 2.45) is 11.7 Å². The van der Waals surface area contributed by atoms with E-state index in [4.69, 9.17) is 15.6 Å². The monoisotopic (exact) mass is 282 g/mol. The normalized spacial score (nSPS) is 13.5. The molecule has 110 valence electrons. The van der Waals surface area contributed by atoms with Crippen molar-refractivity contribution in [3.05, 3.63) is 34.4 Å². The highest BCUT2D eigenvalue weighted by molar-refractivity contribution is 5.67. The first kappa shape index (κ1) is 15.9. The average Bonchev–Trinajstić information content (AvgIpc) is 2.37. The molecule has 0 radical (unpaired) electrons. The second kappa shape index (κ2) is 7.44. The predicted octanol–water partition coefficient (Wildman–Crippen LogP) is 1.80. The summed E-state index contributed by atoms with van der Waals surface area (Å²) in [4.78, 5) is 20.8. The number of ether oxygens (including phenoxy) is 1. The molecule has 0 bridgehead atoms. The molecule has 20 heavy (non-hydrogen) atoms. The average molecular weight is 282 g/mol.